The Hall–Kier alpha value is -2.16. The fourth-order valence-electron chi connectivity index (χ4n) is 3.76. The number of methoxy groups -OCH3 is 1. The molecule has 0 saturated carbocycles. The molecule has 1 aromatic rings. The number of aliphatic imine (C=N–C) groups is 1. The van der Waals surface area contributed by atoms with E-state index in [9.17, 15) is 4.79 Å². The molecule has 1 fully saturated rings. The van der Waals surface area contributed by atoms with E-state index in [1.165, 1.54) is 5.56 Å². The fraction of sp³-hybridized carbons (Fsp3) is 0.652. The van der Waals surface area contributed by atoms with E-state index in [4.69, 9.17) is 4.74 Å². The Bertz CT molecular complexity index is 687. The number of rotatable bonds is 10. The van der Waals surface area contributed by atoms with Crippen LogP contribution in [0.1, 0.15) is 32.4 Å². The molecule has 1 amide bonds. The highest BCUT2D eigenvalue weighted by Crippen LogP contribution is 2.16. The number of benzene rings is 1. The predicted octanol–water partition coefficient (Wildman–Crippen LogP) is 1.07. The number of ether oxygens (including phenoxy) is 1. The Morgan fingerprint density at radius 3 is 2.45 bits per heavy atom. The van der Waals surface area contributed by atoms with Gasteiger partial charge in [-0.1, -0.05) is 30.3 Å². The first-order valence-electron chi connectivity index (χ1n) is 11.1. The zero-order chi connectivity index (χ0) is 22.7. The van der Waals surface area contributed by atoms with Crippen LogP contribution in [-0.4, -0.2) is 93.8 Å². The van der Waals surface area contributed by atoms with Crippen LogP contribution in [0.4, 0.5) is 0 Å². The van der Waals surface area contributed by atoms with Crippen LogP contribution in [0.15, 0.2) is 35.3 Å². The molecule has 1 aliphatic heterocycles. The van der Waals surface area contributed by atoms with E-state index in [0.717, 1.165) is 38.7 Å². The van der Waals surface area contributed by atoms with Gasteiger partial charge in [0.25, 0.3) is 0 Å². The number of piperazine rings is 1. The molecule has 0 spiro atoms. The van der Waals surface area contributed by atoms with Crippen LogP contribution in [0.5, 0.6) is 0 Å². The Kier molecular flexibility index (Phi) is 10.2. The van der Waals surface area contributed by atoms with Crippen LogP contribution in [0.3, 0.4) is 0 Å². The Balaban J connectivity index is 1.76. The molecule has 0 aliphatic carbocycles. The summed E-state index contributed by atoms with van der Waals surface area (Å²) in [6, 6.07) is 10.8. The fourth-order valence-corrected chi connectivity index (χ4v) is 3.76. The summed E-state index contributed by atoms with van der Waals surface area (Å²) in [6.07, 6.45) is 0. The van der Waals surface area contributed by atoms with Crippen molar-refractivity contribution < 1.29 is 9.53 Å². The maximum absolute atomic E-state index is 12.0. The second kappa shape index (κ2) is 12.6. The van der Waals surface area contributed by atoms with Gasteiger partial charge >= 0.3 is 0 Å². The van der Waals surface area contributed by atoms with Crippen molar-refractivity contribution in [3.05, 3.63) is 35.9 Å². The molecule has 3 N–H and O–H groups in total. The Morgan fingerprint density at radius 1 is 1.16 bits per heavy atom. The molecule has 0 radical (unpaired) electrons. The molecule has 1 aromatic carbocycles. The summed E-state index contributed by atoms with van der Waals surface area (Å²) in [7, 11) is 3.46. The molecule has 174 valence electrons. The van der Waals surface area contributed by atoms with E-state index in [0.29, 0.717) is 19.7 Å². The molecule has 1 heterocycles. The van der Waals surface area contributed by atoms with Gasteiger partial charge in [-0.25, -0.2) is 0 Å². The normalized spacial score (nSPS) is 16.8. The second-order valence-electron chi connectivity index (χ2n) is 8.67. The minimum absolute atomic E-state index is 0.0494. The van der Waals surface area contributed by atoms with E-state index in [1.807, 2.05) is 13.1 Å². The number of amides is 1. The summed E-state index contributed by atoms with van der Waals surface area (Å²) < 4.78 is 4.97. The first kappa shape index (κ1) is 25.1. The minimum Gasteiger partial charge on any atom is -0.383 e. The Morgan fingerprint density at radius 2 is 1.84 bits per heavy atom. The van der Waals surface area contributed by atoms with Crippen molar-refractivity contribution in [1.82, 2.24) is 25.8 Å². The number of nitrogens with zero attached hydrogens (tertiary/aromatic N) is 3. The quantitative estimate of drug-likeness (QED) is 0.292. The van der Waals surface area contributed by atoms with Crippen LogP contribution < -0.4 is 16.0 Å². The Labute approximate surface area is 187 Å². The lowest BCUT2D eigenvalue weighted by Gasteiger charge is -2.38. The van der Waals surface area contributed by atoms with Gasteiger partial charge in [-0.15, -0.1) is 0 Å². The molecule has 2 rings (SSSR count). The second-order valence-corrected chi connectivity index (χ2v) is 8.67. The van der Waals surface area contributed by atoms with Crippen molar-refractivity contribution in [2.24, 2.45) is 4.99 Å². The van der Waals surface area contributed by atoms with Gasteiger partial charge in [0.1, 0.15) is 0 Å². The maximum atomic E-state index is 12.0. The SMILES string of the molecule is CN=C(NCC(C)(C)NC(C)c1ccccc1)N1CCN(CC(=O)NCCOC)CC1. The molecule has 1 atom stereocenters. The zero-order valence-electron chi connectivity index (χ0n) is 19.8. The smallest absolute Gasteiger partial charge is 0.234 e. The summed E-state index contributed by atoms with van der Waals surface area (Å²) >= 11 is 0. The van der Waals surface area contributed by atoms with E-state index in [-0.39, 0.29) is 17.5 Å². The number of carbonyl (C=O) groups excluding carboxylic acids is 1. The van der Waals surface area contributed by atoms with Gasteiger partial charge in [0.2, 0.25) is 5.91 Å². The van der Waals surface area contributed by atoms with E-state index in [1.54, 1.807) is 7.11 Å². The number of nitrogens with one attached hydrogen (secondary N) is 3. The number of hydrogen-bond acceptors (Lipinski definition) is 5. The van der Waals surface area contributed by atoms with Crippen LogP contribution in [-0.2, 0) is 9.53 Å². The largest absolute Gasteiger partial charge is 0.383 e. The van der Waals surface area contributed by atoms with Gasteiger partial charge in [-0.2, -0.15) is 0 Å². The minimum atomic E-state index is -0.104. The van der Waals surface area contributed by atoms with Crippen LogP contribution in [0, 0.1) is 0 Å². The third-order valence-corrected chi connectivity index (χ3v) is 5.47. The van der Waals surface area contributed by atoms with Crippen LogP contribution in [0.2, 0.25) is 0 Å². The first-order valence-corrected chi connectivity index (χ1v) is 11.1. The van der Waals surface area contributed by atoms with Crippen molar-refractivity contribution in [3.8, 4) is 0 Å². The van der Waals surface area contributed by atoms with Gasteiger partial charge < -0.3 is 25.6 Å². The van der Waals surface area contributed by atoms with Crippen molar-refractivity contribution in [3.63, 3.8) is 0 Å². The molecule has 1 aliphatic rings. The number of hydrogen-bond donors (Lipinski definition) is 3. The van der Waals surface area contributed by atoms with Gasteiger partial charge in [-0.05, 0) is 26.3 Å². The average Bonchev–Trinajstić information content (AvgIpc) is 2.75. The van der Waals surface area contributed by atoms with E-state index < -0.39 is 0 Å². The van der Waals surface area contributed by atoms with Crippen molar-refractivity contribution in [2.75, 3.05) is 66.6 Å². The highest BCUT2D eigenvalue weighted by molar-refractivity contribution is 5.80. The maximum Gasteiger partial charge on any atom is 0.234 e. The zero-order valence-corrected chi connectivity index (χ0v) is 19.8. The lowest BCUT2D eigenvalue weighted by atomic mass is 10.0. The highest BCUT2D eigenvalue weighted by atomic mass is 16.5. The van der Waals surface area contributed by atoms with Gasteiger partial charge in [0.05, 0.1) is 13.2 Å². The average molecular weight is 433 g/mol. The van der Waals surface area contributed by atoms with Crippen molar-refractivity contribution >= 4 is 11.9 Å². The molecule has 31 heavy (non-hydrogen) atoms. The third kappa shape index (κ3) is 8.85. The van der Waals surface area contributed by atoms with Crippen molar-refractivity contribution in [1.29, 1.82) is 0 Å². The molecular weight excluding hydrogens is 392 g/mol. The van der Waals surface area contributed by atoms with Crippen LogP contribution in [0.25, 0.3) is 0 Å². The monoisotopic (exact) mass is 432 g/mol. The lowest BCUT2D eigenvalue weighted by Crippen LogP contribution is -2.57. The van der Waals surface area contributed by atoms with Crippen molar-refractivity contribution in [2.45, 2.75) is 32.4 Å². The molecule has 1 unspecified atom stereocenters. The standard InChI is InChI=1S/C23H40N6O2/c1-19(20-9-7-6-8-10-20)27-23(2,3)18-26-22(24-4)29-14-12-28(13-15-29)17-21(30)25-11-16-31-5/h6-10,19,27H,11-18H2,1-5H3,(H,24,26)(H,25,30). The lowest BCUT2D eigenvalue weighted by molar-refractivity contribution is -0.122. The van der Waals surface area contributed by atoms with Gasteiger partial charge in [0, 0.05) is 65.0 Å². The topological polar surface area (TPSA) is 81.2 Å². The van der Waals surface area contributed by atoms with Crippen LogP contribution >= 0.6 is 0 Å². The van der Waals surface area contributed by atoms with Gasteiger partial charge in [0.15, 0.2) is 5.96 Å². The summed E-state index contributed by atoms with van der Waals surface area (Å²) in [6.45, 7) is 12.2. The van der Waals surface area contributed by atoms with Gasteiger partial charge in [-0.3, -0.25) is 14.7 Å². The van der Waals surface area contributed by atoms with E-state index >= 15 is 0 Å². The first-order chi connectivity index (χ1) is 14.8. The molecule has 0 bridgehead atoms. The molecule has 8 heteroatoms. The highest BCUT2D eigenvalue weighted by Gasteiger charge is 2.24. The molecular formula is C23H40N6O2. The number of carbonyl (C=O) groups is 1. The van der Waals surface area contributed by atoms with E-state index in [2.05, 4.69) is 75.8 Å². The number of guanidine groups is 1. The molecule has 0 aromatic heterocycles. The summed E-state index contributed by atoms with van der Waals surface area (Å²) in [4.78, 5) is 20.9. The summed E-state index contributed by atoms with van der Waals surface area (Å²) in [5, 5.41) is 10.1. The summed E-state index contributed by atoms with van der Waals surface area (Å²) in [5.74, 6) is 0.958. The molecule has 8 nitrogen and oxygen atoms in total. The predicted molar refractivity (Wildman–Crippen MR) is 126 cm³/mol. The molecule has 1 saturated heterocycles. The summed E-state index contributed by atoms with van der Waals surface area (Å²) in [5.41, 5.74) is 1.18. The third-order valence-electron chi connectivity index (χ3n) is 5.47.